The molecule has 1 heterocycles. The van der Waals surface area contributed by atoms with Gasteiger partial charge in [0, 0.05) is 39.3 Å². The van der Waals surface area contributed by atoms with Crippen molar-refractivity contribution in [2.24, 2.45) is 0 Å². The summed E-state index contributed by atoms with van der Waals surface area (Å²) < 4.78 is 6.07. The highest BCUT2D eigenvalue weighted by molar-refractivity contribution is 5.60. The normalized spacial score (nSPS) is 16.1. The summed E-state index contributed by atoms with van der Waals surface area (Å²) in [7, 11) is 2.18. The van der Waals surface area contributed by atoms with Crippen LogP contribution in [0.1, 0.15) is 19.4 Å². The highest BCUT2D eigenvalue weighted by Gasteiger charge is 2.18. The van der Waals surface area contributed by atoms with Crippen LogP contribution in [0.5, 0.6) is 5.75 Å². The summed E-state index contributed by atoms with van der Waals surface area (Å²) in [5, 5.41) is 3.34. The fourth-order valence-corrected chi connectivity index (χ4v) is 2.64. The molecule has 0 atom stereocenters. The number of hydrogen-bond donors (Lipinski definition) is 1. The van der Waals surface area contributed by atoms with E-state index in [0.717, 1.165) is 45.0 Å². The van der Waals surface area contributed by atoms with Crippen LogP contribution in [0.25, 0.3) is 0 Å². The van der Waals surface area contributed by atoms with Crippen molar-refractivity contribution in [3.63, 3.8) is 0 Å². The Morgan fingerprint density at radius 2 is 2.00 bits per heavy atom. The Balaban J connectivity index is 2.14. The van der Waals surface area contributed by atoms with Crippen molar-refractivity contribution < 1.29 is 4.74 Å². The molecule has 0 bridgehead atoms. The van der Waals surface area contributed by atoms with E-state index in [1.807, 2.05) is 6.08 Å². The first-order chi connectivity index (χ1) is 10.6. The second kappa shape index (κ2) is 8.20. The number of nitrogens with one attached hydrogen (secondary N) is 1. The average Bonchev–Trinajstić information content (AvgIpc) is 2.48. The molecule has 1 N–H and O–H groups in total. The molecule has 1 aliphatic rings. The van der Waals surface area contributed by atoms with Crippen molar-refractivity contribution in [3.05, 3.63) is 36.4 Å². The number of anilines is 1. The summed E-state index contributed by atoms with van der Waals surface area (Å²) >= 11 is 0. The van der Waals surface area contributed by atoms with Crippen LogP contribution < -0.4 is 15.0 Å². The van der Waals surface area contributed by atoms with Crippen LogP contribution in [0.15, 0.2) is 30.9 Å². The van der Waals surface area contributed by atoms with Crippen LogP contribution in [0.3, 0.4) is 0 Å². The lowest BCUT2D eigenvalue weighted by Crippen LogP contribution is -2.44. The van der Waals surface area contributed by atoms with Crippen molar-refractivity contribution in [3.8, 4) is 5.75 Å². The number of nitrogens with zero attached hydrogens (tertiary/aromatic N) is 2. The van der Waals surface area contributed by atoms with Gasteiger partial charge in [-0.15, -0.1) is 6.58 Å². The topological polar surface area (TPSA) is 27.7 Å². The lowest BCUT2D eigenvalue weighted by Gasteiger charge is -2.35. The molecule has 1 aromatic rings. The zero-order valence-electron chi connectivity index (χ0n) is 14.1. The second-order valence-electron chi connectivity index (χ2n) is 6.18. The van der Waals surface area contributed by atoms with Crippen molar-refractivity contribution in [2.75, 3.05) is 44.7 Å². The van der Waals surface area contributed by atoms with Crippen molar-refractivity contribution in [1.82, 2.24) is 10.2 Å². The molecular formula is C18H29N3O. The molecule has 0 unspecified atom stereocenters. The van der Waals surface area contributed by atoms with E-state index in [4.69, 9.17) is 4.74 Å². The summed E-state index contributed by atoms with van der Waals surface area (Å²) in [6.07, 6.45) is 2.06. The molecule has 1 aliphatic heterocycles. The molecule has 0 saturated carbocycles. The molecule has 1 fully saturated rings. The van der Waals surface area contributed by atoms with Gasteiger partial charge in [0.05, 0.1) is 11.8 Å². The average molecular weight is 303 g/mol. The second-order valence-corrected chi connectivity index (χ2v) is 6.18. The molecule has 0 spiro atoms. The van der Waals surface area contributed by atoms with E-state index in [1.54, 1.807) is 0 Å². The zero-order chi connectivity index (χ0) is 15.9. The Bertz CT molecular complexity index is 479. The SMILES string of the molecule is C=CCNCc1ccc(N2CCN(C)CC2)c(OC(C)C)c1. The largest absolute Gasteiger partial charge is 0.489 e. The molecule has 2 rings (SSSR count). The standard InChI is InChI=1S/C18H29N3O/c1-5-8-19-14-16-6-7-17(18(13-16)22-15(2)3)21-11-9-20(4)10-12-21/h5-7,13,15,19H,1,8-12,14H2,2-4H3. The van der Waals surface area contributed by atoms with Crippen LogP contribution in [-0.4, -0.2) is 50.8 Å². The first-order valence-electron chi connectivity index (χ1n) is 8.15. The van der Waals surface area contributed by atoms with Gasteiger partial charge in [0.25, 0.3) is 0 Å². The van der Waals surface area contributed by atoms with Crippen LogP contribution in [0.2, 0.25) is 0 Å². The maximum Gasteiger partial charge on any atom is 0.143 e. The number of rotatable bonds is 7. The van der Waals surface area contributed by atoms with E-state index in [-0.39, 0.29) is 6.10 Å². The van der Waals surface area contributed by atoms with Gasteiger partial charge in [-0.2, -0.15) is 0 Å². The Kier molecular flexibility index (Phi) is 6.28. The third kappa shape index (κ3) is 4.75. The van der Waals surface area contributed by atoms with Crippen LogP contribution in [0.4, 0.5) is 5.69 Å². The lowest BCUT2D eigenvalue weighted by molar-refractivity contribution is 0.241. The number of benzene rings is 1. The maximum atomic E-state index is 6.07. The van der Waals surface area contributed by atoms with E-state index >= 15 is 0 Å². The third-order valence-electron chi connectivity index (χ3n) is 3.85. The molecule has 122 valence electrons. The fraction of sp³-hybridized carbons (Fsp3) is 0.556. The number of hydrogen-bond acceptors (Lipinski definition) is 4. The van der Waals surface area contributed by atoms with Crippen molar-refractivity contribution in [1.29, 1.82) is 0 Å². The molecule has 0 aromatic heterocycles. The quantitative estimate of drug-likeness (QED) is 0.619. The van der Waals surface area contributed by atoms with Gasteiger partial charge < -0.3 is 19.9 Å². The molecule has 1 aromatic carbocycles. The lowest BCUT2D eigenvalue weighted by atomic mass is 10.1. The molecule has 22 heavy (non-hydrogen) atoms. The molecule has 4 heteroatoms. The fourth-order valence-electron chi connectivity index (χ4n) is 2.64. The summed E-state index contributed by atoms with van der Waals surface area (Å²) in [6, 6.07) is 6.56. The first-order valence-corrected chi connectivity index (χ1v) is 8.15. The van der Waals surface area contributed by atoms with E-state index in [1.165, 1.54) is 11.3 Å². The predicted molar refractivity (Wildman–Crippen MR) is 93.8 cm³/mol. The minimum atomic E-state index is 0.183. The van der Waals surface area contributed by atoms with Crippen molar-refractivity contribution >= 4 is 5.69 Å². The van der Waals surface area contributed by atoms with Gasteiger partial charge in [-0.1, -0.05) is 12.1 Å². The van der Waals surface area contributed by atoms with Crippen LogP contribution in [-0.2, 0) is 6.54 Å². The van der Waals surface area contributed by atoms with E-state index in [9.17, 15) is 0 Å². The zero-order valence-corrected chi connectivity index (χ0v) is 14.1. The van der Waals surface area contributed by atoms with Gasteiger partial charge in [0.2, 0.25) is 0 Å². The summed E-state index contributed by atoms with van der Waals surface area (Å²) in [5.74, 6) is 0.998. The van der Waals surface area contributed by atoms with Crippen LogP contribution in [0, 0.1) is 0 Å². The molecule has 0 aliphatic carbocycles. The maximum absolute atomic E-state index is 6.07. The predicted octanol–water partition coefficient (Wildman–Crippen LogP) is 2.50. The molecular weight excluding hydrogens is 274 g/mol. The highest BCUT2D eigenvalue weighted by Crippen LogP contribution is 2.31. The van der Waals surface area contributed by atoms with Gasteiger partial charge in [-0.05, 0) is 38.6 Å². The Hall–Kier alpha value is -1.52. The number of likely N-dealkylation sites (N-methyl/N-ethyl adjacent to an activating group) is 1. The van der Waals surface area contributed by atoms with Gasteiger partial charge in [0.1, 0.15) is 5.75 Å². The van der Waals surface area contributed by atoms with E-state index in [0.29, 0.717) is 0 Å². The van der Waals surface area contributed by atoms with E-state index in [2.05, 4.69) is 60.8 Å². The van der Waals surface area contributed by atoms with Gasteiger partial charge >= 0.3 is 0 Å². The number of piperazine rings is 1. The summed E-state index contributed by atoms with van der Waals surface area (Å²) in [4.78, 5) is 4.80. The van der Waals surface area contributed by atoms with E-state index < -0.39 is 0 Å². The summed E-state index contributed by atoms with van der Waals surface area (Å²) in [5.41, 5.74) is 2.46. The molecule has 1 saturated heterocycles. The minimum absolute atomic E-state index is 0.183. The smallest absolute Gasteiger partial charge is 0.143 e. The van der Waals surface area contributed by atoms with Crippen molar-refractivity contribution in [2.45, 2.75) is 26.5 Å². The Morgan fingerprint density at radius 1 is 1.27 bits per heavy atom. The first kappa shape index (κ1) is 16.8. The van der Waals surface area contributed by atoms with Crippen LogP contribution >= 0.6 is 0 Å². The molecule has 0 amide bonds. The highest BCUT2D eigenvalue weighted by atomic mass is 16.5. The Labute approximate surface area is 134 Å². The Morgan fingerprint density at radius 3 is 2.64 bits per heavy atom. The van der Waals surface area contributed by atoms with Gasteiger partial charge in [-0.25, -0.2) is 0 Å². The van der Waals surface area contributed by atoms with Gasteiger partial charge in [-0.3, -0.25) is 0 Å². The summed E-state index contributed by atoms with van der Waals surface area (Å²) in [6.45, 7) is 13.9. The molecule has 4 nitrogen and oxygen atoms in total. The third-order valence-corrected chi connectivity index (χ3v) is 3.85. The molecule has 0 radical (unpaired) electrons. The monoisotopic (exact) mass is 303 g/mol. The number of ether oxygens (including phenoxy) is 1. The minimum Gasteiger partial charge on any atom is -0.489 e. The van der Waals surface area contributed by atoms with Gasteiger partial charge in [0.15, 0.2) is 0 Å².